The van der Waals surface area contributed by atoms with Crippen molar-refractivity contribution in [3.63, 3.8) is 0 Å². The van der Waals surface area contributed by atoms with Crippen LogP contribution in [0.15, 0.2) is 243 Å². The van der Waals surface area contributed by atoms with Crippen molar-refractivity contribution in [2.45, 2.75) is 66.2 Å². The predicted octanol–water partition coefficient (Wildman–Crippen LogP) is 21.1. The Morgan fingerprint density at radius 3 is 0.910 bits per heavy atom. The van der Waals surface area contributed by atoms with E-state index >= 15 is 0 Å². The molecule has 0 radical (unpaired) electrons. The topological polar surface area (TPSA) is 6.48 Å². The predicted molar refractivity (Wildman–Crippen MR) is 332 cm³/mol. The average molecular weight is 1010 g/mol. The van der Waals surface area contributed by atoms with Crippen molar-refractivity contribution < 1.29 is 0 Å². The smallest absolute Gasteiger partial charge is 0.0496 e. The van der Waals surface area contributed by atoms with Gasteiger partial charge in [0.1, 0.15) is 0 Å². The molecular weight excluding hydrogens is 941 g/mol. The van der Waals surface area contributed by atoms with Crippen molar-refractivity contribution in [3.8, 4) is 66.8 Å². The molecule has 0 bridgehead atoms. The van der Waals surface area contributed by atoms with Crippen molar-refractivity contribution in [2.24, 2.45) is 0 Å². The van der Waals surface area contributed by atoms with Crippen LogP contribution in [-0.2, 0) is 10.8 Å². The molecule has 13 rings (SSSR count). The van der Waals surface area contributed by atoms with Crippen molar-refractivity contribution in [1.29, 1.82) is 0 Å². The summed E-state index contributed by atoms with van der Waals surface area (Å²) in [6.07, 6.45) is 0. The van der Waals surface area contributed by atoms with Crippen LogP contribution in [0.3, 0.4) is 0 Å². The second-order valence-corrected chi connectivity index (χ2v) is 22.8. The van der Waals surface area contributed by atoms with E-state index in [0.717, 1.165) is 22.7 Å². The zero-order valence-corrected chi connectivity index (χ0v) is 46.0. The van der Waals surface area contributed by atoms with Crippen LogP contribution < -0.4 is 9.80 Å². The summed E-state index contributed by atoms with van der Waals surface area (Å²) in [7, 11) is 0. The van der Waals surface area contributed by atoms with Crippen LogP contribution in [0.2, 0.25) is 0 Å². The van der Waals surface area contributed by atoms with Crippen molar-refractivity contribution >= 4 is 34.1 Å². The fraction of sp³-hybridized carbons (Fsp3) is 0.132. The van der Waals surface area contributed by atoms with Gasteiger partial charge in [0.25, 0.3) is 0 Å². The Labute approximate surface area is 461 Å². The molecule has 0 heterocycles. The molecule has 2 nitrogen and oxygen atoms in total. The van der Waals surface area contributed by atoms with Gasteiger partial charge in [-0.2, -0.15) is 0 Å². The first-order valence-corrected chi connectivity index (χ1v) is 27.6. The zero-order valence-electron chi connectivity index (χ0n) is 46.0. The standard InChI is InChI=1S/C76H64N2/c1-49-35-37-59(55-27-17-11-18-28-55)43-71(49)77(61-33-21-31-57(41-61)53-23-13-9-14-24-53)63-39-51(3)73-65-47-68-66(48-67(65)75(5,6)69(73)45-63)74-52(4)40-64(46-70(74)76(68,7)8)78(62-34-22-32-58(42-62)54-25-15-10-16-26-54)72-44-60(38-36-50(72)2)56-29-19-12-20-30-56/h9-48H,1-8H3. The monoisotopic (exact) mass is 1000 g/mol. The molecule has 0 N–H and O–H groups in total. The number of hydrogen-bond donors (Lipinski definition) is 0. The molecule has 11 aromatic rings. The minimum atomic E-state index is -0.276. The fourth-order valence-electron chi connectivity index (χ4n) is 12.9. The lowest BCUT2D eigenvalue weighted by atomic mass is 9.79. The summed E-state index contributed by atoms with van der Waals surface area (Å²) < 4.78 is 0. The van der Waals surface area contributed by atoms with E-state index in [4.69, 9.17) is 0 Å². The third-order valence-electron chi connectivity index (χ3n) is 17.1. The second-order valence-electron chi connectivity index (χ2n) is 22.8. The van der Waals surface area contributed by atoms with Crippen LogP contribution in [0, 0.1) is 27.7 Å². The molecule has 2 aliphatic rings. The van der Waals surface area contributed by atoms with Crippen LogP contribution in [0.25, 0.3) is 66.8 Å². The molecule has 2 heteroatoms. The summed E-state index contributed by atoms with van der Waals surface area (Å²) in [5, 5.41) is 0. The fourth-order valence-corrected chi connectivity index (χ4v) is 12.9. The summed E-state index contributed by atoms with van der Waals surface area (Å²) >= 11 is 0. The van der Waals surface area contributed by atoms with Gasteiger partial charge in [-0.1, -0.05) is 198 Å². The second kappa shape index (κ2) is 18.9. The van der Waals surface area contributed by atoms with E-state index < -0.39 is 0 Å². The van der Waals surface area contributed by atoms with E-state index in [-0.39, 0.29) is 10.8 Å². The van der Waals surface area contributed by atoms with Crippen LogP contribution in [0.4, 0.5) is 34.1 Å². The quantitative estimate of drug-likeness (QED) is 0.135. The number of aryl methyl sites for hydroxylation is 4. The van der Waals surface area contributed by atoms with E-state index in [1.807, 2.05) is 0 Å². The molecule has 0 aromatic heterocycles. The maximum absolute atomic E-state index is 2.58. The lowest BCUT2D eigenvalue weighted by molar-refractivity contribution is 0.652. The molecule has 11 aromatic carbocycles. The van der Waals surface area contributed by atoms with Gasteiger partial charge in [0, 0.05) is 45.0 Å². The van der Waals surface area contributed by atoms with Crippen LogP contribution in [0.1, 0.15) is 72.2 Å². The lowest BCUT2D eigenvalue weighted by Gasteiger charge is -2.31. The number of anilines is 6. The van der Waals surface area contributed by atoms with Gasteiger partial charge in [-0.3, -0.25) is 0 Å². The Kier molecular flexibility index (Phi) is 11.8. The summed E-state index contributed by atoms with van der Waals surface area (Å²) in [5.41, 5.74) is 31.9. The highest BCUT2D eigenvalue weighted by molar-refractivity contribution is 5.96. The maximum atomic E-state index is 2.58. The van der Waals surface area contributed by atoms with Gasteiger partial charge in [-0.15, -0.1) is 0 Å². The molecule has 0 atom stereocenters. The van der Waals surface area contributed by atoms with Gasteiger partial charge in [0.15, 0.2) is 0 Å². The highest BCUT2D eigenvalue weighted by Crippen LogP contribution is 2.59. The summed E-state index contributed by atoms with van der Waals surface area (Å²) in [6, 6.07) is 90.0. The Balaban J connectivity index is 0.942. The molecule has 0 saturated heterocycles. The van der Waals surface area contributed by atoms with Crippen LogP contribution >= 0.6 is 0 Å². The molecule has 0 spiro atoms. The number of benzene rings is 11. The normalized spacial score (nSPS) is 13.3. The molecule has 0 unspecified atom stereocenters. The van der Waals surface area contributed by atoms with Crippen molar-refractivity contribution in [1.82, 2.24) is 0 Å². The molecule has 0 saturated carbocycles. The first-order valence-electron chi connectivity index (χ1n) is 27.6. The van der Waals surface area contributed by atoms with Gasteiger partial charge in [0.2, 0.25) is 0 Å². The minimum absolute atomic E-state index is 0.276. The van der Waals surface area contributed by atoms with Gasteiger partial charge in [-0.05, 0) is 212 Å². The van der Waals surface area contributed by atoms with Crippen LogP contribution in [-0.4, -0.2) is 0 Å². The van der Waals surface area contributed by atoms with Crippen molar-refractivity contribution in [2.75, 3.05) is 9.80 Å². The zero-order chi connectivity index (χ0) is 53.5. The number of nitrogens with zero attached hydrogens (tertiary/aromatic N) is 2. The van der Waals surface area contributed by atoms with E-state index in [2.05, 4.69) is 308 Å². The minimum Gasteiger partial charge on any atom is -0.310 e. The summed E-state index contributed by atoms with van der Waals surface area (Å²) in [6.45, 7) is 18.9. The lowest BCUT2D eigenvalue weighted by Crippen LogP contribution is -2.18. The number of fused-ring (bicyclic) bond motifs is 6. The van der Waals surface area contributed by atoms with Gasteiger partial charge < -0.3 is 9.80 Å². The first kappa shape index (κ1) is 48.6. The molecule has 0 aliphatic heterocycles. The van der Waals surface area contributed by atoms with Crippen LogP contribution in [0.5, 0.6) is 0 Å². The highest BCUT2D eigenvalue weighted by atomic mass is 15.2. The molecule has 0 amide bonds. The molecule has 0 fully saturated rings. The van der Waals surface area contributed by atoms with E-state index in [0.29, 0.717) is 0 Å². The highest BCUT2D eigenvalue weighted by Gasteiger charge is 2.43. The van der Waals surface area contributed by atoms with Crippen molar-refractivity contribution in [3.05, 3.63) is 287 Å². The first-order chi connectivity index (χ1) is 37.8. The summed E-state index contributed by atoms with van der Waals surface area (Å²) in [5.74, 6) is 0. The molecule has 378 valence electrons. The number of hydrogen-bond acceptors (Lipinski definition) is 2. The van der Waals surface area contributed by atoms with E-state index in [1.165, 1.54) is 123 Å². The Hall–Kier alpha value is -8.98. The summed E-state index contributed by atoms with van der Waals surface area (Å²) in [4.78, 5) is 5.00. The Morgan fingerprint density at radius 2 is 0.564 bits per heavy atom. The van der Waals surface area contributed by atoms with Gasteiger partial charge in [0.05, 0.1) is 0 Å². The van der Waals surface area contributed by atoms with Gasteiger partial charge >= 0.3 is 0 Å². The molecule has 78 heavy (non-hydrogen) atoms. The third kappa shape index (κ3) is 8.18. The SMILES string of the molecule is Cc1ccc(-c2ccccc2)cc1N(c1cccc(-c2ccccc2)c1)c1cc(C)c2c(c1)C(C)(C)c1cc3c(cc1-2)C(C)(C)c1cc(N(c2cccc(-c4ccccc4)c2)c2cc(-c4ccccc4)ccc2C)cc(C)c1-3. The maximum Gasteiger partial charge on any atom is 0.0496 e. The van der Waals surface area contributed by atoms with E-state index in [1.54, 1.807) is 0 Å². The molecular formula is C76H64N2. The Morgan fingerprint density at radius 1 is 0.244 bits per heavy atom. The van der Waals surface area contributed by atoms with Gasteiger partial charge in [-0.25, -0.2) is 0 Å². The largest absolute Gasteiger partial charge is 0.310 e. The van der Waals surface area contributed by atoms with E-state index in [9.17, 15) is 0 Å². The third-order valence-corrected chi connectivity index (χ3v) is 17.1. The average Bonchev–Trinajstić information content (AvgIpc) is 4.01. The Bertz CT molecular complexity index is 3840. The number of rotatable bonds is 10. The molecule has 2 aliphatic carbocycles.